The van der Waals surface area contributed by atoms with Crippen LogP contribution in [-0.4, -0.2) is 38.4 Å². The number of pyridine rings is 1. The number of anilines is 1. The van der Waals surface area contributed by atoms with Gasteiger partial charge in [0.2, 0.25) is 5.88 Å². The molecular formula is C23H14ClF3N6O3. The van der Waals surface area contributed by atoms with Gasteiger partial charge in [-0.3, -0.25) is 4.79 Å². The molecule has 4 heterocycles. The highest BCUT2D eigenvalue weighted by Gasteiger charge is 2.41. The minimum absolute atomic E-state index is 0.0264. The molecule has 0 saturated carbocycles. The second-order valence-corrected chi connectivity index (χ2v) is 7.95. The van der Waals surface area contributed by atoms with E-state index in [0.29, 0.717) is 21.3 Å². The summed E-state index contributed by atoms with van der Waals surface area (Å²) in [7, 11) is 1.37. The Balaban J connectivity index is 1.60. The van der Waals surface area contributed by atoms with E-state index >= 15 is 0 Å². The molecule has 2 N–H and O–H groups in total. The third-order valence-electron chi connectivity index (χ3n) is 5.45. The lowest BCUT2D eigenvalue weighted by Gasteiger charge is -2.19. The molecule has 1 amide bonds. The maximum atomic E-state index is 14.3. The van der Waals surface area contributed by atoms with Crippen molar-refractivity contribution in [2.75, 3.05) is 12.4 Å². The summed E-state index contributed by atoms with van der Waals surface area (Å²) in [5.41, 5.74) is -0.726. The lowest BCUT2D eigenvalue weighted by molar-refractivity contribution is -0.143. The van der Waals surface area contributed by atoms with E-state index in [4.69, 9.17) is 16.3 Å². The van der Waals surface area contributed by atoms with Crippen LogP contribution in [-0.2, 0) is 11.0 Å². The van der Waals surface area contributed by atoms with Crippen molar-refractivity contribution >= 4 is 46.4 Å². The van der Waals surface area contributed by atoms with E-state index in [9.17, 15) is 22.8 Å². The van der Waals surface area contributed by atoms with Crippen LogP contribution in [0.3, 0.4) is 0 Å². The van der Waals surface area contributed by atoms with Gasteiger partial charge in [0.05, 0.1) is 41.3 Å². The number of fused-ring (bicyclic) bond motifs is 2. The lowest BCUT2D eigenvalue weighted by Crippen LogP contribution is -2.21. The maximum absolute atomic E-state index is 14.3. The quantitative estimate of drug-likeness (QED) is 0.396. The predicted molar refractivity (Wildman–Crippen MR) is 125 cm³/mol. The first-order chi connectivity index (χ1) is 17.2. The Morgan fingerprint density at radius 2 is 2.03 bits per heavy atom. The summed E-state index contributed by atoms with van der Waals surface area (Å²) >= 11 is 6.11. The van der Waals surface area contributed by atoms with Crippen molar-refractivity contribution < 1.29 is 27.5 Å². The van der Waals surface area contributed by atoms with Gasteiger partial charge < -0.3 is 15.4 Å². The van der Waals surface area contributed by atoms with Crippen LogP contribution in [0, 0.1) is 0 Å². The van der Waals surface area contributed by atoms with E-state index in [1.54, 1.807) is 12.0 Å². The molecule has 1 aliphatic rings. The number of alkyl halides is 3. The van der Waals surface area contributed by atoms with Crippen LogP contribution in [0.25, 0.3) is 23.0 Å². The number of aromatic nitrogens is 4. The van der Waals surface area contributed by atoms with Crippen LogP contribution >= 0.6 is 11.6 Å². The molecule has 5 rings (SSSR count). The van der Waals surface area contributed by atoms with Gasteiger partial charge in [-0.15, -0.1) is 0 Å². The van der Waals surface area contributed by atoms with Crippen LogP contribution in [0.5, 0.6) is 5.88 Å². The molecule has 36 heavy (non-hydrogen) atoms. The van der Waals surface area contributed by atoms with Gasteiger partial charge in [-0.1, -0.05) is 23.7 Å². The minimum Gasteiger partial charge on any atom is -0.481 e. The zero-order valence-corrected chi connectivity index (χ0v) is 19.0. The van der Waals surface area contributed by atoms with Crippen LogP contribution in [0.15, 0.2) is 48.9 Å². The maximum Gasteiger partial charge on any atom is 0.434 e. The lowest BCUT2D eigenvalue weighted by atomic mass is 10.0. The van der Waals surface area contributed by atoms with Crippen molar-refractivity contribution in [2.45, 2.75) is 6.18 Å². The number of hydrogen-bond acceptors (Lipinski definition) is 6. The van der Waals surface area contributed by atoms with E-state index in [1.807, 2.05) is 0 Å². The molecule has 0 spiro atoms. The number of carbonyl (C=O) groups is 1. The Labute approximate surface area is 205 Å². The smallest absolute Gasteiger partial charge is 0.434 e. The van der Waals surface area contributed by atoms with Crippen molar-refractivity contribution in [3.8, 4) is 11.6 Å². The van der Waals surface area contributed by atoms with Crippen molar-refractivity contribution in [1.29, 1.82) is 0 Å². The largest absolute Gasteiger partial charge is 0.481 e. The Kier molecular flexibility index (Phi) is 5.54. The fourth-order valence-corrected chi connectivity index (χ4v) is 4.09. The number of methoxy groups -OCH3 is 1. The molecule has 0 fully saturated rings. The van der Waals surface area contributed by atoms with Gasteiger partial charge in [0.25, 0.3) is 5.91 Å². The van der Waals surface area contributed by atoms with E-state index in [1.165, 1.54) is 54.4 Å². The molecular weight excluding hydrogens is 501 g/mol. The summed E-state index contributed by atoms with van der Waals surface area (Å²) in [6.07, 6.45) is 0.167. The second-order valence-electron chi connectivity index (χ2n) is 7.54. The van der Waals surface area contributed by atoms with Crippen molar-refractivity contribution in [2.24, 2.45) is 0 Å². The number of ether oxygens (including phenoxy) is 1. The molecule has 182 valence electrons. The van der Waals surface area contributed by atoms with Crippen LogP contribution in [0.2, 0.25) is 5.02 Å². The molecule has 9 nitrogen and oxygen atoms in total. The zero-order chi connectivity index (χ0) is 25.6. The number of nitrogens with zero attached hydrogens (tertiary/aromatic N) is 4. The summed E-state index contributed by atoms with van der Waals surface area (Å²) in [5, 5.41) is 13.3. The molecule has 1 aromatic carbocycles. The van der Waals surface area contributed by atoms with E-state index in [0.717, 1.165) is 6.20 Å². The first-order valence-corrected chi connectivity index (χ1v) is 10.6. The molecule has 0 saturated heterocycles. The Morgan fingerprint density at radius 3 is 2.75 bits per heavy atom. The molecule has 1 aliphatic heterocycles. The summed E-state index contributed by atoms with van der Waals surface area (Å²) in [5.74, 6) is 0.876. The monoisotopic (exact) mass is 514 g/mol. The molecule has 0 radical (unpaired) electrons. The number of halogens is 4. The van der Waals surface area contributed by atoms with Crippen LogP contribution < -0.4 is 15.4 Å². The summed E-state index contributed by atoms with van der Waals surface area (Å²) < 4.78 is 50.0. The first kappa shape index (κ1) is 23.2. The van der Waals surface area contributed by atoms with Gasteiger partial charge in [-0.25, -0.2) is 9.48 Å². The van der Waals surface area contributed by atoms with Gasteiger partial charge in [0, 0.05) is 29.1 Å². The fraction of sp³-hybridized carbons (Fsp3) is 0.0870. The predicted octanol–water partition coefficient (Wildman–Crippen LogP) is 4.20. The van der Waals surface area contributed by atoms with Gasteiger partial charge in [0.1, 0.15) is 5.70 Å². The van der Waals surface area contributed by atoms with Gasteiger partial charge in [0.15, 0.2) is 11.6 Å². The zero-order valence-electron chi connectivity index (χ0n) is 18.2. The average molecular weight is 515 g/mol. The van der Waals surface area contributed by atoms with Crippen LogP contribution in [0.1, 0.15) is 27.2 Å². The SMILES string of the molecule is COc1cc(NC(=O)c2cnn(-c3cccc4c3C=CNC4=C=O)c2C(F)(F)F)cc2c(Cl)cnn12. The third kappa shape index (κ3) is 3.78. The van der Waals surface area contributed by atoms with Crippen molar-refractivity contribution in [1.82, 2.24) is 24.7 Å². The first-order valence-electron chi connectivity index (χ1n) is 10.2. The molecule has 0 atom stereocenters. The van der Waals surface area contributed by atoms with Crippen molar-refractivity contribution in [3.63, 3.8) is 0 Å². The number of hydrogen-bond donors (Lipinski definition) is 2. The molecule has 4 aromatic rings. The van der Waals surface area contributed by atoms with Gasteiger partial charge >= 0.3 is 6.18 Å². The average Bonchev–Trinajstić information content (AvgIpc) is 3.47. The number of carbonyl (C=O) groups excluding carboxylic acids is 2. The topological polar surface area (TPSA) is 103 Å². The molecule has 0 unspecified atom stereocenters. The Morgan fingerprint density at radius 1 is 1.22 bits per heavy atom. The summed E-state index contributed by atoms with van der Waals surface area (Å²) in [4.78, 5) is 24.3. The summed E-state index contributed by atoms with van der Waals surface area (Å²) in [6.45, 7) is 0. The van der Waals surface area contributed by atoms with Crippen LogP contribution in [0.4, 0.5) is 18.9 Å². The van der Waals surface area contributed by atoms with E-state index in [-0.39, 0.29) is 28.0 Å². The highest BCUT2D eigenvalue weighted by molar-refractivity contribution is 6.33. The second kappa shape index (κ2) is 8.59. The number of rotatable bonds is 4. The molecule has 0 aliphatic carbocycles. The Hall–Kier alpha value is -4.54. The van der Waals surface area contributed by atoms with E-state index < -0.39 is 23.3 Å². The molecule has 3 aromatic heterocycles. The van der Waals surface area contributed by atoms with Gasteiger partial charge in [-0.2, -0.15) is 27.9 Å². The highest BCUT2D eigenvalue weighted by atomic mass is 35.5. The molecule has 0 bridgehead atoms. The van der Waals surface area contributed by atoms with Gasteiger partial charge in [-0.05, 0) is 18.2 Å². The normalized spacial score (nSPS) is 12.8. The standard InChI is InChI=1S/C23H14ClF3N6O3/c1-36-20-8-12(7-19-16(24)10-30-32(19)20)31-22(35)15-9-29-33(21(15)23(25,26)27)18-4-2-3-13-14(18)5-6-28-17(13)11-34/h2-10,28H,1H3,(H,31,35). The number of amides is 1. The Bertz CT molecular complexity index is 1620. The third-order valence-corrected chi connectivity index (χ3v) is 5.74. The minimum atomic E-state index is -4.94. The number of nitrogens with one attached hydrogen (secondary N) is 2. The number of benzene rings is 1. The highest BCUT2D eigenvalue weighted by Crippen LogP contribution is 2.36. The molecule has 13 heteroatoms. The van der Waals surface area contributed by atoms with Crippen molar-refractivity contribution in [3.05, 3.63) is 76.3 Å². The van der Waals surface area contributed by atoms with E-state index in [2.05, 4.69) is 20.8 Å². The summed E-state index contributed by atoms with van der Waals surface area (Å²) in [6, 6.07) is 7.29. The fourth-order valence-electron chi connectivity index (χ4n) is 3.91.